The first-order valence-electron chi connectivity index (χ1n) is 24.2. The lowest BCUT2D eigenvalue weighted by Gasteiger charge is -2.13. The van der Waals surface area contributed by atoms with Crippen molar-refractivity contribution in [2.75, 3.05) is 0 Å². The van der Waals surface area contributed by atoms with Crippen LogP contribution in [0.15, 0.2) is 174 Å². The number of rotatable bonds is 5. The Bertz CT molecular complexity index is 3810. The van der Waals surface area contributed by atoms with E-state index in [2.05, 4.69) is 0 Å². The second kappa shape index (κ2) is 11.4. The molecule has 7 aromatic carbocycles. The lowest BCUT2D eigenvalue weighted by Crippen LogP contribution is -2.02. The molecule has 0 fully saturated rings. The Morgan fingerprint density at radius 3 is 1.84 bits per heavy atom. The van der Waals surface area contributed by atoms with Gasteiger partial charge in [0.05, 0.1) is 35.7 Å². The van der Waals surface area contributed by atoms with Gasteiger partial charge in [0.2, 0.25) is 0 Å². The number of hydrogen-bond acceptors (Lipinski definition) is 4. The Labute approximate surface area is 313 Å². The van der Waals surface area contributed by atoms with Gasteiger partial charge < -0.3 is 8.98 Å². The van der Waals surface area contributed by atoms with Gasteiger partial charge in [-0.1, -0.05) is 139 Å². The van der Waals surface area contributed by atoms with Crippen LogP contribution < -0.4 is 0 Å². The van der Waals surface area contributed by atoms with E-state index in [1.165, 1.54) is 0 Å². The molecule has 0 aliphatic heterocycles. The normalized spacial score (nSPS) is 16.6. The summed E-state index contributed by atoms with van der Waals surface area (Å²) in [6.45, 7) is 0. The van der Waals surface area contributed by atoms with Gasteiger partial charge in [0.25, 0.3) is 0 Å². The third kappa shape index (κ3) is 4.52. The smallest absolute Gasteiger partial charge is 0.166 e. The van der Waals surface area contributed by atoms with Crippen LogP contribution in [0.3, 0.4) is 0 Å². The highest BCUT2D eigenvalue weighted by atomic mass is 16.3. The highest BCUT2D eigenvalue weighted by molar-refractivity contribution is 6.14. The fourth-order valence-electron chi connectivity index (χ4n) is 5.95. The fourth-order valence-corrected chi connectivity index (χ4v) is 5.95. The van der Waals surface area contributed by atoms with Crippen molar-refractivity contribution in [3.05, 3.63) is 169 Å². The van der Waals surface area contributed by atoms with Crippen LogP contribution in [-0.2, 0) is 0 Å². The molecule has 0 unspecified atom stereocenters. The standard InChI is InChI=1S/C45H28N4O/c1-4-14-29(15-5-1)33-21-12-23-36-38-28-32(26-27-40(38)50-42(33)36)49-39-25-11-10-20-34(39)35-22-13-24-37(41(35)49)45-47-43(30-16-6-2-7-17-30)46-44(48-45)31-18-8-3-9-19-31/h1-28H/i1D,4D,5D,10D,11D,12D,13D,14D,15D,20D,21D,22D,23D,24D,25D,26D,27D,28D. The first kappa shape index (κ1) is 15.6. The average Bonchev–Trinajstić information content (AvgIpc) is 3.91. The lowest BCUT2D eigenvalue weighted by atomic mass is 10.0. The van der Waals surface area contributed by atoms with Gasteiger partial charge in [-0.05, 0) is 35.8 Å². The van der Waals surface area contributed by atoms with Crippen molar-refractivity contribution in [1.29, 1.82) is 0 Å². The monoisotopic (exact) mass is 658 g/mol. The molecule has 0 saturated carbocycles. The maximum atomic E-state index is 9.92. The van der Waals surface area contributed by atoms with E-state index in [1.54, 1.807) is 60.7 Å². The summed E-state index contributed by atoms with van der Waals surface area (Å²) in [6.07, 6.45) is 0. The zero-order valence-electron chi connectivity index (χ0n) is 43.5. The van der Waals surface area contributed by atoms with Gasteiger partial charge in [-0.15, -0.1) is 0 Å². The van der Waals surface area contributed by atoms with Crippen molar-refractivity contribution in [2.45, 2.75) is 0 Å². The van der Waals surface area contributed by atoms with Crippen LogP contribution in [0.1, 0.15) is 24.7 Å². The number of hydrogen-bond donors (Lipinski definition) is 0. The summed E-state index contributed by atoms with van der Waals surface area (Å²) in [7, 11) is 0. The number of furan rings is 1. The first-order valence-corrected chi connectivity index (χ1v) is 15.2. The highest BCUT2D eigenvalue weighted by Crippen LogP contribution is 2.41. The van der Waals surface area contributed by atoms with Crippen molar-refractivity contribution < 1.29 is 29.1 Å². The van der Waals surface area contributed by atoms with Crippen LogP contribution in [0, 0.1) is 0 Å². The Morgan fingerprint density at radius 2 is 1.10 bits per heavy atom. The second-order valence-electron chi connectivity index (χ2n) is 11.1. The van der Waals surface area contributed by atoms with E-state index in [-0.39, 0.29) is 39.3 Å². The van der Waals surface area contributed by atoms with Gasteiger partial charge >= 0.3 is 0 Å². The molecule has 0 N–H and O–H groups in total. The molecule has 10 aromatic rings. The molecule has 50 heavy (non-hydrogen) atoms. The van der Waals surface area contributed by atoms with Crippen LogP contribution in [-0.4, -0.2) is 19.5 Å². The average molecular weight is 659 g/mol. The first-order chi connectivity index (χ1) is 32.3. The molecule has 5 nitrogen and oxygen atoms in total. The Hall–Kier alpha value is -6.85. The number of para-hydroxylation sites is 3. The summed E-state index contributed by atoms with van der Waals surface area (Å²) in [4.78, 5) is 14.2. The number of aromatic nitrogens is 4. The minimum Gasteiger partial charge on any atom is -0.455 e. The minimum atomic E-state index is -0.814. The van der Waals surface area contributed by atoms with E-state index in [0.717, 1.165) is 4.57 Å². The molecule has 0 radical (unpaired) electrons. The van der Waals surface area contributed by atoms with Crippen LogP contribution >= 0.6 is 0 Å². The maximum Gasteiger partial charge on any atom is 0.166 e. The third-order valence-corrected chi connectivity index (χ3v) is 8.16. The van der Waals surface area contributed by atoms with E-state index in [4.69, 9.17) is 34.4 Å². The van der Waals surface area contributed by atoms with Gasteiger partial charge in [0, 0.05) is 49.5 Å². The molecular formula is C45H28N4O. The quantitative estimate of drug-likeness (QED) is 0.185. The summed E-state index contributed by atoms with van der Waals surface area (Å²) in [5.41, 5.74) is -2.78. The van der Waals surface area contributed by atoms with Gasteiger partial charge in [0.15, 0.2) is 17.5 Å². The van der Waals surface area contributed by atoms with E-state index in [0.29, 0.717) is 11.1 Å². The molecule has 0 bridgehead atoms. The topological polar surface area (TPSA) is 56.7 Å². The molecule has 10 rings (SSSR count). The number of benzene rings is 7. The predicted octanol–water partition coefficient (Wildman–Crippen LogP) is 11.5. The molecule has 0 aliphatic carbocycles. The SMILES string of the molecule is [2H]c1c([2H])c([2H])c(-c2c([2H])c([2H])c([2H])c3c2oc2c([2H])c([2H])c(-n4c5c([2H])c([2H])c([2H])c([2H])c5c5c([2H])c([2H])c([2H])c(-c6nc(-c7ccccc7)nc(-c7ccccc7)n6)c54)c([2H])c23)c([2H])c1[2H]. The summed E-state index contributed by atoms with van der Waals surface area (Å²) >= 11 is 0. The lowest BCUT2D eigenvalue weighted by molar-refractivity contribution is 0.670. The van der Waals surface area contributed by atoms with E-state index in [9.17, 15) is 9.60 Å². The van der Waals surface area contributed by atoms with Crippen molar-refractivity contribution >= 4 is 43.7 Å². The molecule has 5 heteroatoms. The molecule has 0 spiro atoms. The molecule has 0 saturated heterocycles. The fraction of sp³-hybridized carbons (Fsp3) is 0. The summed E-state index contributed by atoms with van der Waals surface area (Å²) < 4.78 is 169. The van der Waals surface area contributed by atoms with Crippen molar-refractivity contribution in [3.8, 4) is 51.0 Å². The molecule has 234 valence electrons. The Kier molecular flexibility index (Phi) is 3.55. The summed E-state index contributed by atoms with van der Waals surface area (Å²) in [5, 5.41) is -1.50. The Balaban J connectivity index is 1.43. The van der Waals surface area contributed by atoms with E-state index >= 15 is 0 Å². The van der Waals surface area contributed by atoms with E-state index < -0.39 is 153 Å². The van der Waals surface area contributed by atoms with E-state index in [1.807, 2.05) is 0 Å². The molecule has 0 atom stereocenters. The summed E-state index contributed by atoms with van der Waals surface area (Å²) in [6, 6.07) is 4.03. The van der Waals surface area contributed by atoms with Crippen LogP contribution in [0.2, 0.25) is 0 Å². The van der Waals surface area contributed by atoms with Crippen molar-refractivity contribution in [1.82, 2.24) is 19.5 Å². The highest BCUT2D eigenvalue weighted by Gasteiger charge is 2.21. The number of nitrogens with zero attached hydrogens (tertiary/aromatic N) is 4. The van der Waals surface area contributed by atoms with Gasteiger partial charge in [0.1, 0.15) is 11.2 Å². The zero-order chi connectivity index (χ0) is 48.7. The molecule has 3 heterocycles. The second-order valence-corrected chi connectivity index (χ2v) is 11.1. The zero-order valence-corrected chi connectivity index (χ0v) is 25.5. The Morgan fingerprint density at radius 1 is 0.480 bits per heavy atom. The van der Waals surface area contributed by atoms with Crippen LogP contribution in [0.5, 0.6) is 0 Å². The van der Waals surface area contributed by atoms with Crippen molar-refractivity contribution in [2.24, 2.45) is 0 Å². The maximum absolute atomic E-state index is 9.92. The van der Waals surface area contributed by atoms with Crippen LogP contribution in [0.25, 0.3) is 94.7 Å². The third-order valence-electron chi connectivity index (χ3n) is 8.16. The molecule has 3 aromatic heterocycles. The molecular weight excluding hydrogens is 613 g/mol. The number of fused-ring (bicyclic) bond motifs is 6. The van der Waals surface area contributed by atoms with Crippen molar-refractivity contribution in [3.63, 3.8) is 0 Å². The largest absolute Gasteiger partial charge is 0.455 e. The van der Waals surface area contributed by atoms with Crippen LogP contribution in [0.4, 0.5) is 0 Å². The summed E-state index contributed by atoms with van der Waals surface area (Å²) in [5.74, 6) is -0.0521. The predicted molar refractivity (Wildman–Crippen MR) is 203 cm³/mol. The van der Waals surface area contributed by atoms with Gasteiger partial charge in [-0.25, -0.2) is 15.0 Å². The van der Waals surface area contributed by atoms with Gasteiger partial charge in [-0.3, -0.25) is 0 Å². The molecule has 0 aliphatic rings. The molecule has 0 amide bonds. The van der Waals surface area contributed by atoms with Gasteiger partial charge in [-0.2, -0.15) is 0 Å². The minimum absolute atomic E-state index is 0.107.